The Hall–Kier alpha value is -3.75. The molecule has 3 aromatic carbocycles. The molecule has 5 rings (SSSR count). The molecular formula is C27H26O8. The highest BCUT2D eigenvalue weighted by Crippen LogP contribution is 2.70. The molecule has 0 aromatic heterocycles. The van der Waals surface area contributed by atoms with E-state index in [2.05, 4.69) is 0 Å². The van der Waals surface area contributed by atoms with Crippen molar-refractivity contribution in [3.63, 3.8) is 0 Å². The fourth-order valence-corrected chi connectivity index (χ4v) is 5.78. The molecule has 1 unspecified atom stereocenters. The summed E-state index contributed by atoms with van der Waals surface area (Å²) in [5.74, 6) is -2.14. The van der Waals surface area contributed by atoms with E-state index in [1.54, 1.807) is 60.7 Å². The van der Waals surface area contributed by atoms with E-state index < -0.39 is 35.1 Å². The molecule has 2 aliphatic rings. The van der Waals surface area contributed by atoms with Crippen molar-refractivity contribution in [2.45, 2.75) is 23.2 Å². The standard InChI is InChI=1S/C27H26O8/c1-32-17-11-9-16(10-12-17)27-22(15-7-5-4-6-8-15)21(25(29)30)24(28)26(27,31)23-19(34-3)13-18(33-2)14-20(23)35-27/h4-14,21-22,24,28,31H,1-3H3,(H,29,30)/t21?,22-,24+,26+,27+/m1/s1. The maximum absolute atomic E-state index is 12.6. The smallest absolute Gasteiger partial charge is 0.310 e. The van der Waals surface area contributed by atoms with Gasteiger partial charge in [-0.3, -0.25) is 4.79 Å². The molecule has 0 radical (unpaired) electrons. The van der Waals surface area contributed by atoms with E-state index in [4.69, 9.17) is 18.9 Å². The first-order chi connectivity index (χ1) is 16.8. The summed E-state index contributed by atoms with van der Waals surface area (Å²) in [6, 6.07) is 18.9. The molecule has 0 bridgehead atoms. The van der Waals surface area contributed by atoms with Crippen LogP contribution in [0.1, 0.15) is 22.6 Å². The fourth-order valence-electron chi connectivity index (χ4n) is 5.78. The Morgan fingerprint density at radius 2 is 1.57 bits per heavy atom. The zero-order valence-corrected chi connectivity index (χ0v) is 19.5. The van der Waals surface area contributed by atoms with Gasteiger partial charge in [0.05, 0.1) is 32.8 Å². The van der Waals surface area contributed by atoms with Gasteiger partial charge in [-0.2, -0.15) is 0 Å². The Morgan fingerprint density at radius 1 is 0.914 bits per heavy atom. The van der Waals surface area contributed by atoms with Crippen LogP contribution < -0.4 is 18.9 Å². The largest absolute Gasteiger partial charge is 0.497 e. The lowest BCUT2D eigenvalue weighted by Crippen LogP contribution is -2.52. The molecule has 0 spiro atoms. The van der Waals surface area contributed by atoms with Crippen molar-refractivity contribution in [2.75, 3.05) is 21.3 Å². The van der Waals surface area contributed by atoms with Crippen LogP contribution in [0.25, 0.3) is 0 Å². The molecule has 0 amide bonds. The summed E-state index contributed by atoms with van der Waals surface area (Å²) in [5, 5.41) is 34.4. The Bertz CT molecular complexity index is 1260. The molecule has 1 aliphatic heterocycles. The zero-order chi connectivity index (χ0) is 25.0. The highest BCUT2D eigenvalue weighted by molar-refractivity contribution is 5.77. The molecule has 1 heterocycles. The number of hydrogen-bond acceptors (Lipinski definition) is 7. The lowest BCUT2D eigenvalue weighted by molar-refractivity contribution is -0.159. The van der Waals surface area contributed by atoms with Gasteiger partial charge in [0, 0.05) is 18.1 Å². The SMILES string of the molecule is COc1ccc([C@@]23Oc4cc(OC)cc(OC)c4[C@]2(O)[C@@H](O)C(C(=O)O)[C@H]3c2ccccc2)cc1. The second-order valence-electron chi connectivity index (χ2n) is 8.73. The number of methoxy groups -OCH3 is 3. The predicted molar refractivity (Wildman–Crippen MR) is 125 cm³/mol. The van der Waals surface area contributed by atoms with Gasteiger partial charge < -0.3 is 34.3 Å². The minimum Gasteiger partial charge on any atom is -0.497 e. The van der Waals surface area contributed by atoms with Crippen LogP contribution in [0, 0.1) is 5.92 Å². The maximum atomic E-state index is 12.6. The summed E-state index contributed by atoms with van der Waals surface area (Å²) in [6.45, 7) is 0. The molecule has 0 saturated heterocycles. The molecule has 1 saturated carbocycles. The zero-order valence-electron chi connectivity index (χ0n) is 19.5. The van der Waals surface area contributed by atoms with E-state index in [-0.39, 0.29) is 17.1 Å². The van der Waals surface area contributed by atoms with E-state index in [0.29, 0.717) is 22.6 Å². The first kappa shape index (κ1) is 23.0. The van der Waals surface area contributed by atoms with Crippen molar-refractivity contribution in [2.24, 2.45) is 5.92 Å². The minimum atomic E-state index is -2.17. The highest BCUT2D eigenvalue weighted by atomic mass is 16.5. The second kappa shape index (κ2) is 8.18. The Morgan fingerprint density at radius 3 is 2.14 bits per heavy atom. The summed E-state index contributed by atoms with van der Waals surface area (Å²) in [5.41, 5.74) is -2.61. The molecule has 35 heavy (non-hydrogen) atoms. The predicted octanol–water partition coefficient (Wildman–Crippen LogP) is 3.05. The molecule has 3 aromatic rings. The van der Waals surface area contributed by atoms with Gasteiger partial charge in [-0.15, -0.1) is 0 Å². The number of carboxylic acid groups (broad SMARTS) is 1. The Kier molecular flexibility index (Phi) is 5.38. The molecule has 3 N–H and O–H groups in total. The van der Waals surface area contributed by atoms with Crippen LogP contribution in [0.2, 0.25) is 0 Å². The molecule has 5 atom stereocenters. The number of carbonyl (C=O) groups is 1. The van der Waals surface area contributed by atoms with Gasteiger partial charge >= 0.3 is 5.97 Å². The third-order valence-electron chi connectivity index (χ3n) is 7.24. The van der Waals surface area contributed by atoms with Gasteiger partial charge in [0.15, 0.2) is 11.2 Å². The van der Waals surface area contributed by atoms with Crippen molar-refractivity contribution >= 4 is 5.97 Å². The number of aliphatic hydroxyl groups is 2. The van der Waals surface area contributed by atoms with E-state index in [0.717, 1.165) is 0 Å². The van der Waals surface area contributed by atoms with E-state index in [1.807, 2.05) is 6.07 Å². The lowest BCUT2D eigenvalue weighted by atomic mass is 9.70. The topological polar surface area (TPSA) is 115 Å². The number of aliphatic carboxylic acids is 1. The number of rotatable bonds is 6. The Balaban J connectivity index is 1.88. The van der Waals surface area contributed by atoms with E-state index in [1.165, 1.54) is 21.3 Å². The van der Waals surface area contributed by atoms with Crippen LogP contribution in [-0.2, 0) is 16.0 Å². The van der Waals surface area contributed by atoms with Crippen LogP contribution in [0.3, 0.4) is 0 Å². The normalized spacial score (nSPS) is 28.5. The summed E-state index contributed by atoms with van der Waals surface area (Å²) in [7, 11) is 4.46. The molecule has 1 fully saturated rings. The highest BCUT2D eigenvalue weighted by Gasteiger charge is 2.78. The van der Waals surface area contributed by atoms with Crippen LogP contribution in [-0.4, -0.2) is 48.7 Å². The maximum Gasteiger partial charge on any atom is 0.310 e. The molecular weight excluding hydrogens is 452 g/mol. The van der Waals surface area contributed by atoms with Crippen molar-refractivity contribution in [1.29, 1.82) is 0 Å². The number of hydrogen-bond donors (Lipinski definition) is 3. The summed E-state index contributed by atoms with van der Waals surface area (Å²) in [4.78, 5) is 12.6. The molecule has 8 nitrogen and oxygen atoms in total. The second-order valence-corrected chi connectivity index (χ2v) is 8.73. The van der Waals surface area contributed by atoms with Crippen molar-refractivity contribution in [1.82, 2.24) is 0 Å². The van der Waals surface area contributed by atoms with Crippen LogP contribution in [0.4, 0.5) is 0 Å². The van der Waals surface area contributed by atoms with Crippen molar-refractivity contribution in [3.05, 3.63) is 83.4 Å². The number of aliphatic hydroxyl groups excluding tert-OH is 1. The number of fused-ring (bicyclic) bond motifs is 3. The van der Waals surface area contributed by atoms with Crippen molar-refractivity contribution in [3.8, 4) is 23.0 Å². The van der Waals surface area contributed by atoms with Gasteiger partial charge in [0.25, 0.3) is 0 Å². The van der Waals surface area contributed by atoms with Crippen LogP contribution in [0.5, 0.6) is 23.0 Å². The van der Waals surface area contributed by atoms with Gasteiger partial charge in [-0.1, -0.05) is 42.5 Å². The quantitative estimate of drug-likeness (QED) is 0.495. The van der Waals surface area contributed by atoms with Gasteiger partial charge in [0.1, 0.15) is 29.1 Å². The lowest BCUT2D eigenvalue weighted by Gasteiger charge is -2.40. The van der Waals surface area contributed by atoms with E-state index >= 15 is 0 Å². The number of benzene rings is 3. The molecule has 1 aliphatic carbocycles. The first-order valence-corrected chi connectivity index (χ1v) is 11.1. The Labute approximate surface area is 202 Å². The first-order valence-electron chi connectivity index (χ1n) is 11.1. The third-order valence-corrected chi connectivity index (χ3v) is 7.24. The molecule has 8 heteroatoms. The average Bonchev–Trinajstić information content (AvgIpc) is 3.26. The average molecular weight is 478 g/mol. The van der Waals surface area contributed by atoms with Crippen LogP contribution >= 0.6 is 0 Å². The van der Waals surface area contributed by atoms with Gasteiger partial charge in [-0.25, -0.2) is 0 Å². The molecule has 182 valence electrons. The summed E-state index contributed by atoms with van der Waals surface area (Å²) < 4.78 is 22.9. The summed E-state index contributed by atoms with van der Waals surface area (Å²) in [6.07, 6.45) is -1.73. The fraction of sp³-hybridized carbons (Fsp3) is 0.296. The summed E-state index contributed by atoms with van der Waals surface area (Å²) >= 11 is 0. The van der Waals surface area contributed by atoms with Crippen LogP contribution in [0.15, 0.2) is 66.7 Å². The number of carboxylic acids is 1. The third kappa shape index (κ3) is 2.96. The monoisotopic (exact) mass is 478 g/mol. The number of ether oxygens (including phenoxy) is 4. The van der Waals surface area contributed by atoms with Crippen molar-refractivity contribution < 1.29 is 39.1 Å². The minimum absolute atomic E-state index is 0.175. The van der Waals surface area contributed by atoms with Gasteiger partial charge in [-0.05, 0) is 23.3 Å². The van der Waals surface area contributed by atoms with Gasteiger partial charge in [0.2, 0.25) is 0 Å². The van der Waals surface area contributed by atoms with E-state index in [9.17, 15) is 20.1 Å².